The predicted molar refractivity (Wildman–Crippen MR) is 89.6 cm³/mol. The van der Waals surface area contributed by atoms with Gasteiger partial charge in [0.1, 0.15) is 5.82 Å². The fraction of sp³-hybridized carbons (Fsp3) is 0.278. The van der Waals surface area contributed by atoms with Crippen molar-refractivity contribution in [1.29, 1.82) is 0 Å². The van der Waals surface area contributed by atoms with Crippen LogP contribution >= 0.6 is 11.8 Å². The van der Waals surface area contributed by atoms with Gasteiger partial charge in [0, 0.05) is 4.90 Å². The molecule has 4 heteroatoms. The molecule has 1 atom stereocenters. The second-order valence-corrected chi connectivity index (χ2v) is 6.42. The molecule has 2 aromatic rings. The van der Waals surface area contributed by atoms with Crippen LogP contribution < -0.4 is 5.32 Å². The Hall–Kier alpha value is -1.81. The van der Waals surface area contributed by atoms with Gasteiger partial charge in [0.15, 0.2) is 0 Å². The van der Waals surface area contributed by atoms with Crippen LogP contribution in [0.5, 0.6) is 0 Å². The van der Waals surface area contributed by atoms with Gasteiger partial charge < -0.3 is 5.32 Å². The van der Waals surface area contributed by atoms with Gasteiger partial charge in [0.25, 0.3) is 0 Å². The number of amides is 1. The van der Waals surface area contributed by atoms with Gasteiger partial charge in [-0.05, 0) is 50.1 Å². The van der Waals surface area contributed by atoms with E-state index in [2.05, 4.69) is 23.5 Å². The van der Waals surface area contributed by atoms with Crippen LogP contribution in [0.1, 0.15) is 29.7 Å². The standard InChI is InChI=1S/C18H20FNOS/c1-12-4-5-13(2)17(10-12)22-11-18(21)20-14(3)15-6-8-16(19)9-7-15/h4-10,14H,11H2,1-3H3,(H,20,21). The average Bonchev–Trinajstić information content (AvgIpc) is 2.49. The second-order valence-electron chi connectivity index (χ2n) is 5.40. The van der Waals surface area contributed by atoms with Gasteiger partial charge in [0.2, 0.25) is 5.91 Å². The lowest BCUT2D eigenvalue weighted by molar-refractivity contribution is -0.119. The monoisotopic (exact) mass is 317 g/mol. The van der Waals surface area contributed by atoms with E-state index < -0.39 is 0 Å². The first-order valence-corrected chi connectivity index (χ1v) is 8.19. The highest BCUT2D eigenvalue weighted by atomic mass is 32.2. The molecule has 1 unspecified atom stereocenters. The first-order chi connectivity index (χ1) is 10.5. The summed E-state index contributed by atoms with van der Waals surface area (Å²) in [6.07, 6.45) is 0. The minimum absolute atomic E-state index is 0.0252. The predicted octanol–water partition coefficient (Wildman–Crippen LogP) is 4.41. The number of aryl methyl sites for hydroxylation is 2. The Kier molecular flexibility index (Phi) is 5.61. The highest BCUT2D eigenvalue weighted by molar-refractivity contribution is 8.00. The number of benzene rings is 2. The molecule has 116 valence electrons. The van der Waals surface area contributed by atoms with Crippen LogP contribution in [0.4, 0.5) is 4.39 Å². The summed E-state index contributed by atoms with van der Waals surface area (Å²) < 4.78 is 12.9. The van der Waals surface area contributed by atoms with Gasteiger partial charge in [-0.25, -0.2) is 4.39 Å². The Morgan fingerprint density at radius 3 is 2.55 bits per heavy atom. The zero-order valence-corrected chi connectivity index (χ0v) is 13.8. The number of carbonyl (C=O) groups excluding carboxylic acids is 1. The minimum atomic E-state index is -0.271. The SMILES string of the molecule is Cc1ccc(C)c(SCC(=O)NC(C)c2ccc(F)cc2)c1. The number of halogens is 1. The molecule has 0 fully saturated rings. The molecule has 0 aliphatic carbocycles. The van der Waals surface area contributed by atoms with E-state index in [1.165, 1.54) is 35.0 Å². The molecule has 1 amide bonds. The lowest BCUT2D eigenvalue weighted by Gasteiger charge is -2.14. The van der Waals surface area contributed by atoms with Crippen LogP contribution in [0, 0.1) is 19.7 Å². The Morgan fingerprint density at radius 1 is 1.18 bits per heavy atom. The van der Waals surface area contributed by atoms with Crippen molar-refractivity contribution in [3.05, 3.63) is 65.0 Å². The van der Waals surface area contributed by atoms with E-state index in [0.29, 0.717) is 5.75 Å². The molecule has 0 saturated carbocycles. The van der Waals surface area contributed by atoms with Crippen molar-refractivity contribution in [3.63, 3.8) is 0 Å². The summed E-state index contributed by atoms with van der Waals surface area (Å²) in [7, 11) is 0. The molecule has 0 saturated heterocycles. The Labute approximate surface area is 135 Å². The van der Waals surface area contributed by atoms with Crippen molar-refractivity contribution in [3.8, 4) is 0 Å². The molecule has 0 bridgehead atoms. The first kappa shape index (κ1) is 16.6. The molecule has 2 rings (SSSR count). The zero-order chi connectivity index (χ0) is 16.1. The smallest absolute Gasteiger partial charge is 0.230 e. The van der Waals surface area contributed by atoms with E-state index in [9.17, 15) is 9.18 Å². The summed E-state index contributed by atoms with van der Waals surface area (Å²) in [5, 5.41) is 2.94. The molecular formula is C18H20FNOS. The average molecular weight is 317 g/mol. The molecule has 2 aromatic carbocycles. The summed E-state index contributed by atoms with van der Waals surface area (Å²) in [5.74, 6) is 0.0750. The molecular weight excluding hydrogens is 297 g/mol. The van der Waals surface area contributed by atoms with Crippen molar-refractivity contribution in [2.75, 3.05) is 5.75 Å². The molecule has 0 spiro atoms. The van der Waals surface area contributed by atoms with Crippen LogP contribution in [0.3, 0.4) is 0 Å². The van der Waals surface area contributed by atoms with Gasteiger partial charge in [-0.15, -0.1) is 11.8 Å². The number of hydrogen-bond donors (Lipinski definition) is 1. The lowest BCUT2D eigenvalue weighted by Crippen LogP contribution is -2.28. The Morgan fingerprint density at radius 2 is 1.86 bits per heavy atom. The van der Waals surface area contributed by atoms with Crippen molar-refractivity contribution >= 4 is 17.7 Å². The van der Waals surface area contributed by atoms with Crippen LogP contribution in [0.15, 0.2) is 47.4 Å². The van der Waals surface area contributed by atoms with Crippen molar-refractivity contribution in [2.24, 2.45) is 0 Å². The molecule has 0 radical (unpaired) electrons. The number of carbonyl (C=O) groups is 1. The van der Waals surface area contributed by atoms with Crippen LogP contribution in [-0.2, 0) is 4.79 Å². The summed E-state index contributed by atoms with van der Waals surface area (Å²) in [6, 6.07) is 12.3. The fourth-order valence-electron chi connectivity index (χ4n) is 2.12. The highest BCUT2D eigenvalue weighted by Gasteiger charge is 2.10. The van der Waals surface area contributed by atoms with E-state index in [1.54, 1.807) is 12.1 Å². The van der Waals surface area contributed by atoms with E-state index in [-0.39, 0.29) is 17.8 Å². The van der Waals surface area contributed by atoms with Crippen molar-refractivity contribution in [1.82, 2.24) is 5.32 Å². The van der Waals surface area contributed by atoms with Gasteiger partial charge in [-0.2, -0.15) is 0 Å². The number of thioether (sulfide) groups is 1. The highest BCUT2D eigenvalue weighted by Crippen LogP contribution is 2.23. The maximum atomic E-state index is 12.9. The number of hydrogen-bond acceptors (Lipinski definition) is 2. The first-order valence-electron chi connectivity index (χ1n) is 7.20. The minimum Gasteiger partial charge on any atom is -0.349 e. The van der Waals surface area contributed by atoms with Crippen molar-refractivity contribution < 1.29 is 9.18 Å². The summed E-state index contributed by atoms with van der Waals surface area (Å²) >= 11 is 1.54. The third kappa shape index (κ3) is 4.60. The van der Waals surface area contributed by atoms with E-state index in [4.69, 9.17) is 0 Å². The van der Waals surface area contributed by atoms with Gasteiger partial charge in [-0.1, -0.05) is 29.8 Å². The van der Waals surface area contributed by atoms with Gasteiger partial charge in [0.05, 0.1) is 11.8 Å². The summed E-state index contributed by atoms with van der Waals surface area (Å²) in [5.41, 5.74) is 3.26. The van der Waals surface area contributed by atoms with Crippen LogP contribution in [0.25, 0.3) is 0 Å². The zero-order valence-electron chi connectivity index (χ0n) is 13.0. The molecule has 1 N–H and O–H groups in total. The topological polar surface area (TPSA) is 29.1 Å². The molecule has 22 heavy (non-hydrogen) atoms. The molecule has 0 heterocycles. The maximum absolute atomic E-state index is 12.9. The molecule has 0 aliphatic rings. The van der Waals surface area contributed by atoms with E-state index in [1.807, 2.05) is 20.8 Å². The molecule has 0 aromatic heterocycles. The third-order valence-electron chi connectivity index (χ3n) is 3.45. The number of nitrogens with one attached hydrogen (secondary N) is 1. The second kappa shape index (κ2) is 7.45. The Bertz CT molecular complexity index is 655. The molecule has 2 nitrogen and oxygen atoms in total. The number of rotatable bonds is 5. The molecule has 0 aliphatic heterocycles. The largest absolute Gasteiger partial charge is 0.349 e. The lowest BCUT2D eigenvalue weighted by atomic mass is 10.1. The van der Waals surface area contributed by atoms with Crippen molar-refractivity contribution in [2.45, 2.75) is 31.7 Å². The van der Waals surface area contributed by atoms with E-state index >= 15 is 0 Å². The Balaban J connectivity index is 1.90. The van der Waals surface area contributed by atoms with Gasteiger partial charge >= 0.3 is 0 Å². The van der Waals surface area contributed by atoms with Crippen LogP contribution in [-0.4, -0.2) is 11.7 Å². The quantitative estimate of drug-likeness (QED) is 0.828. The van der Waals surface area contributed by atoms with E-state index in [0.717, 1.165) is 10.5 Å². The maximum Gasteiger partial charge on any atom is 0.230 e. The normalized spacial score (nSPS) is 12.0. The summed E-state index contributed by atoms with van der Waals surface area (Å²) in [4.78, 5) is 13.2. The summed E-state index contributed by atoms with van der Waals surface area (Å²) in [6.45, 7) is 5.98. The van der Waals surface area contributed by atoms with Crippen LogP contribution in [0.2, 0.25) is 0 Å². The van der Waals surface area contributed by atoms with Gasteiger partial charge in [-0.3, -0.25) is 4.79 Å². The third-order valence-corrected chi connectivity index (χ3v) is 4.61. The fourth-order valence-corrected chi connectivity index (χ4v) is 3.06.